The molecule has 1 aliphatic carbocycles. The summed E-state index contributed by atoms with van der Waals surface area (Å²) >= 11 is 0. The Hall–Kier alpha value is -3.36. The van der Waals surface area contributed by atoms with E-state index in [1.807, 2.05) is 13.0 Å². The van der Waals surface area contributed by atoms with Gasteiger partial charge in [0.15, 0.2) is 23.4 Å². The normalized spacial score (nSPS) is 15.8. The molecule has 148 valence electrons. The van der Waals surface area contributed by atoms with Gasteiger partial charge in [0.1, 0.15) is 12.1 Å². The van der Waals surface area contributed by atoms with Crippen LogP contribution in [0, 0.1) is 5.82 Å². The fourth-order valence-corrected chi connectivity index (χ4v) is 3.90. The predicted molar refractivity (Wildman–Crippen MR) is 103 cm³/mol. The summed E-state index contributed by atoms with van der Waals surface area (Å²) < 4.78 is 22.1. The molecule has 0 amide bonds. The summed E-state index contributed by atoms with van der Waals surface area (Å²) in [5.41, 5.74) is 1.92. The smallest absolute Gasteiger partial charge is 0.236 e. The molecule has 1 unspecified atom stereocenters. The number of aromatic amines is 1. The van der Waals surface area contributed by atoms with Crippen LogP contribution in [-0.2, 0) is 0 Å². The van der Waals surface area contributed by atoms with Crippen molar-refractivity contribution in [2.75, 3.05) is 0 Å². The van der Waals surface area contributed by atoms with Crippen molar-refractivity contribution >= 4 is 5.65 Å². The molecule has 1 aromatic carbocycles. The average molecular weight is 393 g/mol. The molecular weight excluding hydrogens is 373 g/mol. The van der Waals surface area contributed by atoms with Crippen molar-refractivity contribution < 1.29 is 9.13 Å². The number of H-pyrrole nitrogens is 1. The lowest BCUT2D eigenvalue weighted by molar-refractivity contribution is 0.201. The predicted octanol–water partition coefficient (Wildman–Crippen LogP) is 3.85. The van der Waals surface area contributed by atoms with E-state index < -0.39 is 0 Å². The second-order valence-electron chi connectivity index (χ2n) is 7.28. The second kappa shape index (κ2) is 7.23. The molecular formula is C20H20FN7O. The molecule has 5 rings (SSSR count). The summed E-state index contributed by atoms with van der Waals surface area (Å²) in [6.07, 6.45) is 5.65. The summed E-state index contributed by atoms with van der Waals surface area (Å²) in [6.45, 7) is 1.87. The highest BCUT2D eigenvalue weighted by Gasteiger charge is 2.26. The number of ether oxygens (including phenoxy) is 1. The van der Waals surface area contributed by atoms with E-state index in [4.69, 9.17) is 4.74 Å². The van der Waals surface area contributed by atoms with Crippen molar-refractivity contribution in [2.45, 2.75) is 44.6 Å². The Morgan fingerprint density at radius 2 is 2.03 bits per heavy atom. The van der Waals surface area contributed by atoms with Crippen molar-refractivity contribution in [1.29, 1.82) is 0 Å². The molecule has 0 radical (unpaired) electrons. The second-order valence-corrected chi connectivity index (χ2v) is 7.28. The fraction of sp³-hybridized carbons (Fsp3) is 0.350. The third-order valence-corrected chi connectivity index (χ3v) is 5.38. The number of nitrogens with zero attached hydrogens (tertiary/aromatic N) is 6. The van der Waals surface area contributed by atoms with Gasteiger partial charge in [-0.2, -0.15) is 9.61 Å². The summed E-state index contributed by atoms with van der Waals surface area (Å²) in [6, 6.07) is 8.41. The van der Waals surface area contributed by atoms with Crippen LogP contribution in [0.4, 0.5) is 4.39 Å². The molecule has 0 bridgehead atoms. The van der Waals surface area contributed by atoms with Gasteiger partial charge in [-0.3, -0.25) is 5.10 Å². The van der Waals surface area contributed by atoms with Gasteiger partial charge in [-0.15, -0.1) is 15.3 Å². The van der Waals surface area contributed by atoms with Crippen LogP contribution in [0.25, 0.3) is 17.0 Å². The summed E-state index contributed by atoms with van der Waals surface area (Å²) in [5.74, 6) is 1.35. The Morgan fingerprint density at radius 1 is 1.21 bits per heavy atom. The molecule has 3 aromatic heterocycles. The van der Waals surface area contributed by atoms with Crippen LogP contribution < -0.4 is 4.74 Å². The van der Waals surface area contributed by atoms with Crippen LogP contribution in [0.5, 0.6) is 5.88 Å². The first kappa shape index (κ1) is 17.7. The molecule has 0 spiro atoms. The van der Waals surface area contributed by atoms with E-state index in [-0.39, 0.29) is 11.9 Å². The zero-order valence-electron chi connectivity index (χ0n) is 15.9. The van der Waals surface area contributed by atoms with Crippen LogP contribution >= 0.6 is 0 Å². The topological polar surface area (TPSA) is 93.9 Å². The van der Waals surface area contributed by atoms with Gasteiger partial charge in [0, 0.05) is 5.56 Å². The molecule has 4 aromatic rings. The highest BCUT2D eigenvalue weighted by atomic mass is 19.1. The molecule has 29 heavy (non-hydrogen) atoms. The van der Waals surface area contributed by atoms with E-state index in [0.29, 0.717) is 34.7 Å². The number of halogens is 1. The summed E-state index contributed by atoms with van der Waals surface area (Å²) in [4.78, 5) is 4.17. The molecule has 8 nitrogen and oxygen atoms in total. The van der Waals surface area contributed by atoms with Crippen LogP contribution in [0.2, 0.25) is 0 Å². The van der Waals surface area contributed by atoms with Gasteiger partial charge in [0.05, 0.1) is 5.56 Å². The summed E-state index contributed by atoms with van der Waals surface area (Å²) in [5, 5.41) is 19.9. The highest BCUT2D eigenvalue weighted by Crippen LogP contribution is 2.39. The maximum absolute atomic E-state index is 14.3. The van der Waals surface area contributed by atoms with Gasteiger partial charge in [-0.05, 0) is 43.9 Å². The number of hydrogen-bond donors (Lipinski definition) is 1. The van der Waals surface area contributed by atoms with E-state index in [0.717, 1.165) is 18.4 Å². The highest BCUT2D eigenvalue weighted by molar-refractivity contribution is 5.60. The number of rotatable bonds is 5. The third-order valence-electron chi connectivity index (χ3n) is 5.38. The fourth-order valence-electron chi connectivity index (χ4n) is 3.90. The Kier molecular flexibility index (Phi) is 4.42. The van der Waals surface area contributed by atoms with Crippen LogP contribution in [-0.4, -0.2) is 35.0 Å². The average Bonchev–Trinajstić information content (AvgIpc) is 3.49. The van der Waals surface area contributed by atoms with E-state index in [1.54, 1.807) is 18.2 Å². The lowest BCUT2D eigenvalue weighted by Crippen LogP contribution is -2.11. The SMILES string of the molecule is CC(Oc1nn2c(-c3ccccc3F)nnc2cc1C1CCCC1)c1nc[nH]n1. The zero-order valence-corrected chi connectivity index (χ0v) is 15.9. The first-order valence-corrected chi connectivity index (χ1v) is 9.74. The van der Waals surface area contributed by atoms with E-state index in [1.165, 1.54) is 29.8 Å². The first-order valence-electron chi connectivity index (χ1n) is 9.74. The number of aromatic nitrogens is 7. The minimum atomic E-state index is -0.389. The monoisotopic (exact) mass is 393 g/mol. The van der Waals surface area contributed by atoms with Gasteiger partial charge in [0.25, 0.3) is 0 Å². The van der Waals surface area contributed by atoms with Crippen LogP contribution in [0.15, 0.2) is 36.7 Å². The molecule has 1 N–H and O–H groups in total. The minimum Gasteiger partial charge on any atom is -0.465 e. The zero-order chi connectivity index (χ0) is 19.8. The Bertz CT molecular complexity index is 1140. The largest absolute Gasteiger partial charge is 0.465 e. The first-order chi connectivity index (χ1) is 14.2. The van der Waals surface area contributed by atoms with E-state index >= 15 is 0 Å². The summed E-state index contributed by atoms with van der Waals surface area (Å²) in [7, 11) is 0. The van der Waals surface area contributed by atoms with Crippen molar-refractivity contribution in [3.8, 4) is 17.3 Å². The molecule has 9 heteroatoms. The quantitative estimate of drug-likeness (QED) is 0.554. The molecule has 1 saturated carbocycles. The molecule has 3 heterocycles. The van der Waals surface area contributed by atoms with Gasteiger partial charge >= 0.3 is 0 Å². The molecule has 1 atom stereocenters. The van der Waals surface area contributed by atoms with Gasteiger partial charge < -0.3 is 4.74 Å². The maximum Gasteiger partial charge on any atom is 0.236 e. The van der Waals surface area contributed by atoms with E-state index in [9.17, 15) is 4.39 Å². The molecule has 1 aliphatic rings. The lowest BCUT2D eigenvalue weighted by Gasteiger charge is -2.18. The Labute approximate surface area is 166 Å². The number of hydrogen-bond acceptors (Lipinski definition) is 6. The molecule has 0 saturated heterocycles. The van der Waals surface area contributed by atoms with Crippen molar-refractivity contribution in [3.63, 3.8) is 0 Å². The lowest BCUT2D eigenvalue weighted by atomic mass is 9.99. The van der Waals surface area contributed by atoms with Gasteiger partial charge in [-0.1, -0.05) is 25.0 Å². The maximum atomic E-state index is 14.3. The number of fused-ring (bicyclic) bond motifs is 1. The van der Waals surface area contributed by atoms with Crippen molar-refractivity contribution in [3.05, 3.63) is 53.9 Å². The van der Waals surface area contributed by atoms with Crippen molar-refractivity contribution in [2.24, 2.45) is 0 Å². The third kappa shape index (κ3) is 3.22. The van der Waals surface area contributed by atoms with Gasteiger partial charge in [0.2, 0.25) is 5.88 Å². The minimum absolute atomic E-state index is 0.339. The standard InChI is InChI=1S/C20H20FN7O/c1-12(18-22-11-23-25-18)29-20-15(13-6-2-3-7-13)10-17-24-26-19(28(17)27-20)14-8-4-5-9-16(14)21/h4-5,8-13H,2-3,6-7H2,1H3,(H,22,23,25). The Morgan fingerprint density at radius 3 is 2.79 bits per heavy atom. The van der Waals surface area contributed by atoms with Crippen LogP contribution in [0.1, 0.15) is 56.0 Å². The van der Waals surface area contributed by atoms with Crippen LogP contribution in [0.3, 0.4) is 0 Å². The molecule has 0 aliphatic heterocycles. The molecule has 1 fully saturated rings. The van der Waals surface area contributed by atoms with Gasteiger partial charge in [-0.25, -0.2) is 9.37 Å². The van der Waals surface area contributed by atoms with Crippen molar-refractivity contribution in [1.82, 2.24) is 35.0 Å². The number of nitrogens with one attached hydrogen (secondary N) is 1. The number of benzene rings is 1. The Balaban J connectivity index is 1.62. The van der Waals surface area contributed by atoms with E-state index in [2.05, 4.69) is 30.5 Å².